The molecule has 0 N–H and O–H groups in total. The van der Waals surface area contributed by atoms with Crippen molar-refractivity contribution in [2.45, 2.75) is 26.9 Å². The van der Waals surface area contributed by atoms with Crippen LogP contribution in [0.25, 0.3) is 0 Å². The van der Waals surface area contributed by atoms with Gasteiger partial charge in [-0.1, -0.05) is 13.0 Å². The van der Waals surface area contributed by atoms with Gasteiger partial charge in [-0.3, -0.25) is 14.9 Å². The molecule has 0 bridgehead atoms. The van der Waals surface area contributed by atoms with Gasteiger partial charge in [-0.25, -0.2) is 0 Å². The average Bonchev–Trinajstić information content (AvgIpc) is 2.37. The lowest BCUT2D eigenvalue weighted by Gasteiger charge is -2.07. The van der Waals surface area contributed by atoms with Crippen LogP contribution in [0.1, 0.15) is 25.8 Å². The molecule has 0 saturated heterocycles. The fourth-order valence-electron chi connectivity index (χ4n) is 1.34. The molecule has 0 radical (unpaired) electrons. The first kappa shape index (κ1) is 14.0. The zero-order valence-corrected chi connectivity index (χ0v) is 10.3. The molecule has 18 heavy (non-hydrogen) atoms. The van der Waals surface area contributed by atoms with Crippen LogP contribution in [0.4, 0.5) is 5.69 Å². The molecule has 0 aromatic heterocycles. The number of rotatable bonds is 6. The highest BCUT2D eigenvalue weighted by Crippen LogP contribution is 2.28. The molecular formula is C12H15NO5. The maximum Gasteiger partial charge on any atom is 0.311 e. The maximum absolute atomic E-state index is 11.0. The number of nitro groups is 1. The minimum Gasteiger partial charge on any atom is -0.487 e. The molecular weight excluding hydrogens is 238 g/mol. The summed E-state index contributed by atoms with van der Waals surface area (Å²) in [5.74, 6) is -0.125. The predicted molar refractivity (Wildman–Crippen MR) is 64.4 cm³/mol. The van der Waals surface area contributed by atoms with E-state index in [1.165, 1.54) is 12.1 Å². The Hall–Kier alpha value is -2.11. The molecule has 0 aliphatic carbocycles. The summed E-state index contributed by atoms with van der Waals surface area (Å²) >= 11 is 0. The number of nitrogens with zero attached hydrogens (tertiary/aromatic N) is 1. The number of nitro benzene ring substituents is 1. The second-order valence-electron chi connectivity index (χ2n) is 3.51. The molecule has 0 aliphatic heterocycles. The van der Waals surface area contributed by atoms with Crippen molar-refractivity contribution in [1.29, 1.82) is 0 Å². The van der Waals surface area contributed by atoms with Gasteiger partial charge in [0.05, 0.1) is 11.5 Å². The molecule has 1 rings (SSSR count). The molecule has 0 unspecified atom stereocenters. The third-order valence-electron chi connectivity index (χ3n) is 2.21. The lowest BCUT2D eigenvalue weighted by Crippen LogP contribution is -2.03. The third-order valence-corrected chi connectivity index (χ3v) is 2.21. The van der Waals surface area contributed by atoms with Crippen LogP contribution in [0.5, 0.6) is 5.75 Å². The lowest BCUT2D eigenvalue weighted by atomic mass is 10.2. The van der Waals surface area contributed by atoms with Crippen LogP contribution in [0.15, 0.2) is 18.2 Å². The van der Waals surface area contributed by atoms with Gasteiger partial charge in [0, 0.05) is 12.5 Å². The molecule has 0 aliphatic rings. The van der Waals surface area contributed by atoms with Gasteiger partial charge in [-0.2, -0.15) is 0 Å². The summed E-state index contributed by atoms with van der Waals surface area (Å²) in [6.45, 7) is 3.81. The van der Waals surface area contributed by atoms with Crippen molar-refractivity contribution >= 4 is 11.7 Å². The molecule has 0 heterocycles. The van der Waals surface area contributed by atoms with E-state index < -0.39 is 4.92 Å². The van der Waals surface area contributed by atoms with Crippen LogP contribution in [-0.2, 0) is 16.1 Å². The fourth-order valence-corrected chi connectivity index (χ4v) is 1.34. The number of hydrogen-bond donors (Lipinski definition) is 0. The Balaban J connectivity index is 2.86. The van der Waals surface area contributed by atoms with Crippen molar-refractivity contribution in [2.24, 2.45) is 0 Å². The molecule has 0 spiro atoms. The van der Waals surface area contributed by atoms with E-state index in [0.29, 0.717) is 12.2 Å². The van der Waals surface area contributed by atoms with Crippen molar-refractivity contribution in [2.75, 3.05) is 6.61 Å². The normalized spacial score (nSPS) is 9.89. The zero-order chi connectivity index (χ0) is 13.5. The highest BCUT2D eigenvalue weighted by atomic mass is 16.6. The third kappa shape index (κ3) is 3.73. The first-order chi connectivity index (χ1) is 8.58. The number of benzene rings is 1. The Kier molecular flexibility index (Phi) is 5.10. The summed E-state index contributed by atoms with van der Waals surface area (Å²) in [5, 5.41) is 10.9. The number of carbonyl (C=O) groups is 1. The van der Waals surface area contributed by atoms with E-state index in [1.54, 1.807) is 19.9 Å². The summed E-state index contributed by atoms with van der Waals surface area (Å²) in [6, 6.07) is 4.51. The van der Waals surface area contributed by atoms with Crippen LogP contribution >= 0.6 is 0 Å². The van der Waals surface area contributed by atoms with Gasteiger partial charge in [0.25, 0.3) is 0 Å². The summed E-state index contributed by atoms with van der Waals surface area (Å²) in [4.78, 5) is 21.3. The van der Waals surface area contributed by atoms with E-state index >= 15 is 0 Å². The molecule has 6 nitrogen and oxygen atoms in total. The number of carbonyl (C=O) groups excluding carboxylic acids is 1. The van der Waals surface area contributed by atoms with Gasteiger partial charge in [-0.15, -0.1) is 0 Å². The summed E-state index contributed by atoms with van der Waals surface area (Å²) in [7, 11) is 0. The van der Waals surface area contributed by atoms with Gasteiger partial charge < -0.3 is 9.47 Å². The lowest BCUT2D eigenvalue weighted by molar-refractivity contribution is -0.385. The largest absolute Gasteiger partial charge is 0.487 e. The Morgan fingerprint density at radius 3 is 2.67 bits per heavy atom. The first-order valence-electron chi connectivity index (χ1n) is 5.64. The summed E-state index contributed by atoms with van der Waals surface area (Å²) in [6.07, 6.45) is 0.277. The molecule has 1 aromatic rings. The topological polar surface area (TPSA) is 78.7 Å². The van der Waals surface area contributed by atoms with E-state index in [1.807, 2.05) is 0 Å². The van der Waals surface area contributed by atoms with E-state index in [-0.39, 0.29) is 30.4 Å². The molecule has 0 amide bonds. The molecule has 0 fully saturated rings. The highest BCUT2D eigenvalue weighted by molar-refractivity contribution is 5.68. The Morgan fingerprint density at radius 2 is 2.11 bits per heavy atom. The van der Waals surface area contributed by atoms with Crippen LogP contribution < -0.4 is 4.74 Å². The van der Waals surface area contributed by atoms with Crippen LogP contribution in [-0.4, -0.2) is 17.5 Å². The zero-order valence-electron chi connectivity index (χ0n) is 10.3. The van der Waals surface area contributed by atoms with Crippen LogP contribution in [0.2, 0.25) is 0 Å². The summed E-state index contributed by atoms with van der Waals surface area (Å²) in [5.41, 5.74) is 0.439. The quantitative estimate of drug-likeness (QED) is 0.442. The maximum atomic E-state index is 11.0. The van der Waals surface area contributed by atoms with Crippen molar-refractivity contribution < 1.29 is 19.2 Å². The van der Waals surface area contributed by atoms with Gasteiger partial charge >= 0.3 is 11.7 Å². The van der Waals surface area contributed by atoms with Crippen LogP contribution in [0, 0.1) is 10.1 Å². The molecule has 0 saturated carbocycles. The number of esters is 1. The van der Waals surface area contributed by atoms with Crippen molar-refractivity contribution in [3.05, 3.63) is 33.9 Å². The minimum atomic E-state index is -0.518. The van der Waals surface area contributed by atoms with Crippen molar-refractivity contribution in [3.63, 3.8) is 0 Å². The number of hydrogen-bond acceptors (Lipinski definition) is 5. The second kappa shape index (κ2) is 6.58. The Labute approximate surface area is 105 Å². The minimum absolute atomic E-state index is 0.0277. The van der Waals surface area contributed by atoms with Crippen molar-refractivity contribution in [3.8, 4) is 5.75 Å². The second-order valence-corrected chi connectivity index (χ2v) is 3.51. The van der Waals surface area contributed by atoms with Crippen LogP contribution in [0.3, 0.4) is 0 Å². The molecule has 0 atom stereocenters. The van der Waals surface area contributed by atoms with E-state index in [9.17, 15) is 14.9 Å². The van der Waals surface area contributed by atoms with Gasteiger partial charge in [0.15, 0.2) is 5.75 Å². The van der Waals surface area contributed by atoms with Crippen molar-refractivity contribution in [1.82, 2.24) is 0 Å². The van der Waals surface area contributed by atoms with E-state index in [4.69, 9.17) is 9.47 Å². The Morgan fingerprint density at radius 1 is 1.39 bits per heavy atom. The SMILES string of the molecule is CCOc1ccc(COC(=O)CC)cc1[N+](=O)[O-]. The standard InChI is InChI=1S/C12H15NO5/c1-3-12(14)18-8-9-5-6-11(17-4-2)10(7-9)13(15)16/h5-7H,3-4,8H2,1-2H3. The first-order valence-corrected chi connectivity index (χ1v) is 5.64. The predicted octanol–water partition coefficient (Wildman–Crippen LogP) is 2.45. The molecule has 6 heteroatoms. The fraction of sp³-hybridized carbons (Fsp3) is 0.417. The number of ether oxygens (including phenoxy) is 2. The molecule has 98 valence electrons. The highest BCUT2D eigenvalue weighted by Gasteiger charge is 2.16. The van der Waals surface area contributed by atoms with E-state index in [2.05, 4.69) is 0 Å². The van der Waals surface area contributed by atoms with Gasteiger partial charge in [0.2, 0.25) is 0 Å². The van der Waals surface area contributed by atoms with Gasteiger partial charge in [-0.05, 0) is 18.6 Å². The molecule has 1 aromatic carbocycles. The smallest absolute Gasteiger partial charge is 0.311 e. The van der Waals surface area contributed by atoms with E-state index in [0.717, 1.165) is 0 Å². The Bertz CT molecular complexity index is 444. The monoisotopic (exact) mass is 253 g/mol. The van der Waals surface area contributed by atoms with Gasteiger partial charge in [0.1, 0.15) is 6.61 Å². The average molecular weight is 253 g/mol. The summed E-state index contributed by atoms with van der Waals surface area (Å²) < 4.78 is 10.1.